The first-order chi connectivity index (χ1) is 15.1. The van der Waals surface area contributed by atoms with Gasteiger partial charge in [0.15, 0.2) is 0 Å². The molecule has 0 atom stereocenters. The molecule has 0 saturated carbocycles. The van der Waals surface area contributed by atoms with Gasteiger partial charge < -0.3 is 15.0 Å². The van der Waals surface area contributed by atoms with E-state index in [2.05, 4.69) is 44.3 Å². The maximum atomic E-state index is 6.61. The zero-order valence-corrected chi connectivity index (χ0v) is 20.3. The molecule has 1 aliphatic heterocycles. The Hall–Kier alpha value is -1.88. The molecule has 6 heteroatoms. The molecule has 162 valence electrons. The van der Waals surface area contributed by atoms with E-state index < -0.39 is 0 Å². The van der Waals surface area contributed by atoms with Gasteiger partial charge in [-0.25, -0.2) is 0 Å². The Labute approximate surface area is 202 Å². The van der Waals surface area contributed by atoms with Crippen LogP contribution in [0.2, 0.25) is 10.0 Å². The summed E-state index contributed by atoms with van der Waals surface area (Å²) in [4.78, 5) is 2.38. The largest absolute Gasteiger partial charge is 0.489 e. The average molecular weight is 520 g/mol. The molecule has 0 amide bonds. The summed E-state index contributed by atoms with van der Waals surface area (Å²) in [6.45, 7) is 3.29. The van der Waals surface area contributed by atoms with E-state index in [0.29, 0.717) is 13.2 Å². The van der Waals surface area contributed by atoms with Gasteiger partial charge in [-0.2, -0.15) is 0 Å². The fourth-order valence-electron chi connectivity index (χ4n) is 3.77. The van der Waals surface area contributed by atoms with Crippen LogP contribution in [-0.4, -0.2) is 13.1 Å². The molecule has 31 heavy (non-hydrogen) atoms. The predicted molar refractivity (Wildman–Crippen MR) is 135 cm³/mol. The third kappa shape index (κ3) is 6.09. The van der Waals surface area contributed by atoms with Crippen molar-refractivity contribution in [2.75, 3.05) is 23.3 Å². The number of hydrogen-bond acceptors (Lipinski definition) is 3. The first kappa shape index (κ1) is 22.3. The SMILES string of the molecule is Clc1ccc(COc2ccc(Br)cc2CNc2ccc(N3CCCCC3)c(Cl)c2)cc1. The summed E-state index contributed by atoms with van der Waals surface area (Å²) in [7, 11) is 0. The van der Waals surface area contributed by atoms with Crippen molar-refractivity contribution in [2.45, 2.75) is 32.4 Å². The Balaban J connectivity index is 1.42. The molecule has 0 spiro atoms. The second-order valence-electron chi connectivity index (χ2n) is 7.73. The molecule has 4 rings (SSSR count). The molecule has 3 aromatic rings. The lowest BCUT2D eigenvalue weighted by atomic mass is 10.1. The summed E-state index contributed by atoms with van der Waals surface area (Å²) in [5, 5.41) is 5.00. The number of benzene rings is 3. The number of rotatable bonds is 7. The van der Waals surface area contributed by atoms with Gasteiger partial charge in [0.2, 0.25) is 0 Å². The van der Waals surface area contributed by atoms with Gasteiger partial charge >= 0.3 is 0 Å². The Bertz CT molecular complexity index is 1020. The van der Waals surface area contributed by atoms with Crippen molar-refractivity contribution >= 4 is 50.5 Å². The second kappa shape index (κ2) is 10.6. The minimum Gasteiger partial charge on any atom is -0.489 e. The molecular formula is C25H25BrCl2N2O. The zero-order valence-electron chi connectivity index (χ0n) is 17.2. The molecule has 3 nitrogen and oxygen atoms in total. The van der Waals surface area contributed by atoms with Crippen LogP contribution in [-0.2, 0) is 13.2 Å². The van der Waals surface area contributed by atoms with Crippen LogP contribution in [0, 0.1) is 0 Å². The highest BCUT2D eigenvalue weighted by Crippen LogP contribution is 2.32. The van der Waals surface area contributed by atoms with Crippen molar-refractivity contribution < 1.29 is 4.74 Å². The highest BCUT2D eigenvalue weighted by Gasteiger charge is 2.14. The van der Waals surface area contributed by atoms with Crippen LogP contribution in [0.15, 0.2) is 65.1 Å². The van der Waals surface area contributed by atoms with Gasteiger partial charge in [0.05, 0.1) is 10.7 Å². The predicted octanol–water partition coefficient (Wildman–Crippen LogP) is 7.94. The van der Waals surface area contributed by atoms with Crippen LogP contribution in [0.4, 0.5) is 11.4 Å². The van der Waals surface area contributed by atoms with E-state index >= 15 is 0 Å². The first-order valence-electron chi connectivity index (χ1n) is 10.5. The summed E-state index contributed by atoms with van der Waals surface area (Å²) in [5.74, 6) is 0.849. The Morgan fingerprint density at radius 3 is 2.42 bits per heavy atom. The zero-order chi connectivity index (χ0) is 21.6. The lowest BCUT2D eigenvalue weighted by Gasteiger charge is -2.29. The van der Waals surface area contributed by atoms with E-state index in [1.165, 1.54) is 19.3 Å². The highest BCUT2D eigenvalue weighted by molar-refractivity contribution is 9.10. The minimum absolute atomic E-state index is 0.488. The standard InChI is InChI=1S/C25H25BrCl2N2O/c26-20-6-11-25(31-17-18-4-7-21(27)8-5-18)19(14-20)16-29-22-9-10-24(23(28)15-22)30-12-2-1-3-13-30/h4-11,14-15,29H,1-3,12-13,16-17H2. The minimum atomic E-state index is 0.488. The van der Waals surface area contributed by atoms with Crippen molar-refractivity contribution in [3.63, 3.8) is 0 Å². The van der Waals surface area contributed by atoms with E-state index in [1.54, 1.807) is 0 Å². The third-order valence-electron chi connectivity index (χ3n) is 5.46. The van der Waals surface area contributed by atoms with Crippen molar-refractivity contribution in [1.82, 2.24) is 0 Å². The van der Waals surface area contributed by atoms with Gasteiger partial charge in [-0.15, -0.1) is 0 Å². The van der Waals surface area contributed by atoms with Crippen molar-refractivity contribution in [3.8, 4) is 5.75 Å². The maximum Gasteiger partial charge on any atom is 0.124 e. The molecule has 1 saturated heterocycles. The number of hydrogen-bond donors (Lipinski definition) is 1. The van der Waals surface area contributed by atoms with E-state index in [-0.39, 0.29) is 0 Å². The smallest absolute Gasteiger partial charge is 0.124 e. The normalized spacial score (nSPS) is 13.8. The first-order valence-corrected chi connectivity index (χ1v) is 12.1. The van der Waals surface area contributed by atoms with Gasteiger partial charge in [0.25, 0.3) is 0 Å². The second-order valence-corrected chi connectivity index (χ2v) is 9.49. The molecule has 0 radical (unpaired) electrons. The number of halogens is 3. The van der Waals surface area contributed by atoms with Crippen molar-refractivity contribution in [2.24, 2.45) is 0 Å². The Kier molecular flexibility index (Phi) is 7.65. The van der Waals surface area contributed by atoms with E-state index in [9.17, 15) is 0 Å². The van der Waals surface area contributed by atoms with E-state index in [1.807, 2.05) is 42.5 Å². The molecule has 3 aromatic carbocycles. The summed E-state index contributed by atoms with van der Waals surface area (Å²) in [5.41, 5.74) is 4.27. The summed E-state index contributed by atoms with van der Waals surface area (Å²) < 4.78 is 7.11. The van der Waals surface area contributed by atoms with Gasteiger partial charge in [0, 0.05) is 40.4 Å². The lowest BCUT2D eigenvalue weighted by Crippen LogP contribution is -2.29. The Morgan fingerprint density at radius 2 is 1.68 bits per heavy atom. The van der Waals surface area contributed by atoms with Crippen LogP contribution in [0.5, 0.6) is 5.75 Å². The summed E-state index contributed by atoms with van der Waals surface area (Å²) in [6, 6.07) is 20.0. The number of nitrogens with zero attached hydrogens (tertiary/aromatic N) is 1. The Morgan fingerprint density at radius 1 is 0.903 bits per heavy atom. The van der Waals surface area contributed by atoms with Gasteiger partial charge in [-0.1, -0.05) is 51.3 Å². The molecule has 0 bridgehead atoms. The topological polar surface area (TPSA) is 24.5 Å². The number of nitrogens with one attached hydrogen (secondary N) is 1. The average Bonchev–Trinajstić information content (AvgIpc) is 2.79. The molecule has 0 aliphatic carbocycles. The van der Waals surface area contributed by atoms with Crippen LogP contribution in [0.25, 0.3) is 0 Å². The molecule has 1 heterocycles. The van der Waals surface area contributed by atoms with Gasteiger partial charge in [0.1, 0.15) is 12.4 Å². The molecule has 1 N–H and O–H groups in total. The monoisotopic (exact) mass is 518 g/mol. The van der Waals surface area contributed by atoms with E-state index in [4.69, 9.17) is 27.9 Å². The van der Waals surface area contributed by atoms with Gasteiger partial charge in [-0.05, 0) is 73.4 Å². The van der Waals surface area contributed by atoms with Crippen LogP contribution in [0.3, 0.4) is 0 Å². The summed E-state index contributed by atoms with van der Waals surface area (Å²) in [6.07, 6.45) is 3.78. The third-order valence-corrected chi connectivity index (χ3v) is 6.51. The van der Waals surface area contributed by atoms with Crippen molar-refractivity contribution in [1.29, 1.82) is 0 Å². The molecule has 0 aromatic heterocycles. The molecular weight excluding hydrogens is 495 g/mol. The molecule has 0 unspecified atom stereocenters. The van der Waals surface area contributed by atoms with Crippen molar-refractivity contribution in [3.05, 3.63) is 86.3 Å². The van der Waals surface area contributed by atoms with Crippen LogP contribution < -0.4 is 15.0 Å². The fourth-order valence-corrected chi connectivity index (χ4v) is 4.61. The maximum absolute atomic E-state index is 6.61. The van der Waals surface area contributed by atoms with E-state index in [0.717, 1.165) is 55.9 Å². The van der Waals surface area contributed by atoms with Crippen LogP contribution in [0.1, 0.15) is 30.4 Å². The highest BCUT2D eigenvalue weighted by atomic mass is 79.9. The lowest BCUT2D eigenvalue weighted by molar-refractivity contribution is 0.303. The number of ether oxygens (including phenoxy) is 1. The summed E-state index contributed by atoms with van der Waals surface area (Å²) >= 11 is 16.1. The fraction of sp³-hybridized carbons (Fsp3) is 0.280. The van der Waals surface area contributed by atoms with Crippen LogP contribution >= 0.6 is 39.1 Å². The van der Waals surface area contributed by atoms with Gasteiger partial charge in [-0.3, -0.25) is 0 Å². The quantitative estimate of drug-likeness (QED) is 0.343. The molecule has 1 fully saturated rings. The number of anilines is 2. The molecule has 1 aliphatic rings. The number of piperidine rings is 1.